The van der Waals surface area contributed by atoms with Crippen molar-refractivity contribution < 1.29 is 9.21 Å². The van der Waals surface area contributed by atoms with E-state index in [9.17, 15) is 4.79 Å². The summed E-state index contributed by atoms with van der Waals surface area (Å²) in [5, 5.41) is 0. The summed E-state index contributed by atoms with van der Waals surface area (Å²) in [5.41, 5.74) is 2.08. The number of carbonyl (C=O) groups is 1. The average molecular weight is 279 g/mol. The third-order valence-corrected chi connectivity index (χ3v) is 4.20. The van der Waals surface area contributed by atoms with E-state index < -0.39 is 0 Å². The second kappa shape index (κ2) is 6.90. The Labute approximate surface area is 120 Å². The number of hydrazine groups is 1. The summed E-state index contributed by atoms with van der Waals surface area (Å²) in [7, 11) is 0. The monoisotopic (exact) mass is 279 g/mol. The van der Waals surface area contributed by atoms with Gasteiger partial charge in [0.2, 0.25) is 0 Å². The van der Waals surface area contributed by atoms with Crippen molar-refractivity contribution in [3.05, 3.63) is 23.7 Å². The highest BCUT2D eigenvalue weighted by atomic mass is 16.4. The van der Waals surface area contributed by atoms with Gasteiger partial charge in [-0.1, -0.05) is 13.8 Å². The lowest BCUT2D eigenvalue weighted by Gasteiger charge is -2.20. The van der Waals surface area contributed by atoms with Gasteiger partial charge in [-0.25, -0.2) is 5.84 Å². The van der Waals surface area contributed by atoms with Gasteiger partial charge in [-0.05, 0) is 56.3 Å². The first-order valence-corrected chi connectivity index (χ1v) is 7.42. The Kier molecular flexibility index (Phi) is 5.20. The Morgan fingerprint density at radius 2 is 2.25 bits per heavy atom. The lowest BCUT2D eigenvalue weighted by molar-refractivity contribution is 0.0922. The first-order valence-electron chi connectivity index (χ1n) is 7.42. The molecule has 1 atom stereocenters. The Hall–Kier alpha value is -1.33. The molecule has 1 aliphatic rings. The van der Waals surface area contributed by atoms with Crippen molar-refractivity contribution in [2.45, 2.75) is 39.7 Å². The quantitative estimate of drug-likeness (QED) is 0.503. The molecule has 3 N–H and O–H groups in total. The number of nitrogens with zero attached hydrogens (tertiary/aromatic N) is 1. The molecule has 5 nitrogen and oxygen atoms in total. The van der Waals surface area contributed by atoms with Crippen molar-refractivity contribution in [2.24, 2.45) is 17.7 Å². The highest BCUT2D eigenvalue weighted by molar-refractivity contribution is 5.90. The van der Waals surface area contributed by atoms with E-state index >= 15 is 0 Å². The summed E-state index contributed by atoms with van der Waals surface area (Å²) in [5.74, 6) is 7.40. The number of hydrogen-bond donors (Lipinski definition) is 2. The Balaban J connectivity index is 1.90. The van der Waals surface area contributed by atoms with Crippen LogP contribution in [0.4, 0.5) is 0 Å². The van der Waals surface area contributed by atoms with Gasteiger partial charge in [0.25, 0.3) is 0 Å². The van der Waals surface area contributed by atoms with Crippen molar-refractivity contribution in [1.29, 1.82) is 0 Å². The van der Waals surface area contributed by atoms with Gasteiger partial charge in [0.05, 0.1) is 6.54 Å². The van der Waals surface area contributed by atoms with Crippen molar-refractivity contribution >= 4 is 5.91 Å². The molecule has 0 radical (unpaired) electrons. The molecule has 2 rings (SSSR count). The molecule has 2 heterocycles. The maximum Gasteiger partial charge on any atom is 0.300 e. The lowest BCUT2D eigenvalue weighted by Crippen LogP contribution is -2.29. The van der Waals surface area contributed by atoms with E-state index in [0.717, 1.165) is 37.2 Å². The topological polar surface area (TPSA) is 71.5 Å². The summed E-state index contributed by atoms with van der Waals surface area (Å²) in [6, 6.07) is 3.53. The molecule has 0 spiro atoms. The van der Waals surface area contributed by atoms with Gasteiger partial charge in [0.15, 0.2) is 5.76 Å². The maximum atomic E-state index is 11.3. The molecule has 20 heavy (non-hydrogen) atoms. The molecule has 0 aromatic carbocycles. The van der Waals surface area contributed by atoms with E-state index in [2.05, 4.69) is 24.2 Å². The normalized spacial score (nSPS) is 20.9. The molecule has 112 valence electrons. The third-order valence-electron chi connectivity index (χ3n) is 4.20. The summed E-state index contributed by atoms with van der Waals surface area (Å²) < 4.78 is 5.52. The minimum Gasteiger partial charge on any atom is -0.455 e. The van der Waals surface area contributed by atoms with Crippen LogP contribution in [0.15, 0.2) is 16.5 Å². The maximum absolute atomic E-state index is 11.3. The van der Waals surface area contributed by atoms with E-state index in [4.69, 9.17) is 10.3 Å². The molecule has 1 aromatic heterocycles. The summed E-state index contributed by atoms with van der Waals surface area (Å²) in [4.78, 5) is 13.8. The molecule has 1 aromatic rings. The Morgan fingerprint density at radius 1 is 1.45 bits per heavy atom. The van der Waals surface area contributed by atoms with Gasteiger partial charge in [0.1, 0.15) is 5.76 Å². The van der Waals surface area contributed by atoms with Crippen LogP contribution >= 0.6 is 0 Å². The molecule has 0 bridgehead atoms. The van der Waals surface area contributed by atoms with Crippen molar-refractivity contribution in [1.82, 2.24) is 10.3 Å². The molecule has 1 amide bonds. The minimum absolute atomic E-state index is 0.275. The van der Waals surface area contributed by atoms with Gasteiger partial charge >= 0.3 is 5.91 Å². The first kappa shape index (κ1) is 15.1. The van der Waals surface area contributed by atoms with Gasteiger partial charge in [-0.2, -0.15) is 0 Å². The zero-order valence-electron chi connectivity index (χ0n) is 12.4. The summed E-state index contributed by atoms with van der Waals surface area (Å²) in [6.07, 6.45) is 3.79. The summed E-state index contributed by atoms with van der Waals surface area (Å²) in [6.45, 7) is 7.59. The van der Waals surface area contributed by atoms with E-state index in [1.54, 1.807) is 6.07 Å². The highest BCUT2D eigenvalue weighted by Crippen LogP contribution is 2.25. The number of rotatable bonds is 4. The van der Waals surface area contributed by atoms with E-state index in [1.807, 2.05) is 6.07 Å². The molecule has 0 aliphatic carbocycles. The average Bonchev–Trinajstić information content (AvgIpc) is 2.76. The molecule has 1 aliphatic heterocycles. The van der Waals surface area contributed by atoms with Crippen LogP contribution in [-0.4, -0.2) is 23.9 Å². The lowest BCUT2D eigenvalue weighted by atomic mass is 9.89. The van der Waals surface area contributed by atoms with Crippen LogP contribution in [0.2, 0.25) is 0 Å². The molecule has 1 saturated heterocycles. The molecule has 1 fully saturated rings. The Bertz CT molecular complexity index is 442. The van der Waals surface area contributed by atoms with Crippen LogP contribution < -0.4 is 11.3 Å². The van der Waals surface area contributed by atoms with Crippen LogP contribution in [0.1, 0.15) is 49.4 Å². The Morgan fingerprint density at radius 3 is 2.95 bits per heavy atom. The number of carbonyl (C=O) groups excluding carboxylic acids is 1. The molecule has 5 heteroatoms. The molecular formula is C15H25N3O2. The van der Waals surface area contributed by atoms with E-state index in [0.29, 0.717) is 0 Å². The second-order valence-electron chi connectivity index (χ2n) is 5.95. The number of likely N-dealkylation sites (tertiary alicyclic amines) is 1. The minimum atomic E-state index is -0.382. The summed E-state index contributed by atoms with van der Waals surface area (Å²) >= 11 is 0. The SMILES string of the molecule is CC(C)C1CCCN(Cc2ccc(C(=O)NN)o2)CC1. The van der Waals surface area contributed by atoms with E-state index in [1.165, 1.54) is 19.3 Å². The van der Waals surface area contributed by atoms with Crippen molar-refractivity contribution in [3.8, 4) is 0 Å². The molecule has 0 saturated carbocycles. The van der Waals surface area contributed by atoms with E-state index in [-0.39, 0.29) is 11.7 Å². The van der Waals surface area contributed by atoms with Gasteiger partial charge in [-0.15, -0.1) is 0 Å². The fraction of sp³-hybridized carbons (Fsp3) is 0.667. The first-order chi connectivity index (χ1) is 9.60. The fourth-order valence-electron chi connectivity index (χ4n) is 2.88. The number of nitrogens with two attached hydrogens (primary N) is 1. The highest BCUT2D eigenvalue weighted by Gasteiger charge is 2.20. The number of nitrogen functional groups attached to an aromatic ring is 1. The standard InChI is InChI=1S/C15H25N3O2/c1-11(2)12-4-3-8-18(9-7-12)10-13-5-6-14(20-13)15(19)17-16/h5-6,11-12H,3-4,7-10,16H2,1-2H3,(H,17,19). The predicted molar refractivity (Wildman–Crippen MR) is 77.8 cm³/mol. The van der Waals surface area contributed by atoms with Crippen LogP contribution in [0, 0.1) is 11.8 Å². The smallest absolute Gasteiger partial charge is 0.300 e. The second-order valence-corrected chi connectivity index (χ2v) is 5.95. The predicted octanol–water partition coefficient (Wildman–Crippen LogP) is 2.14. The van der Waals surface area contributed by atoms with Gasteiger partial charge in [0, 0.05) is 0 Å². The van der Waals surface area contributed by atoms with Crippen LogP contribution in [-0.2, 0) is 6.54 Å². The van der Waals surface area contributed by atoms with Crippen LogP contribution in [0.5, 0.6) is 0 Å². The van der Waals surface area contributed by atoms with Gasteiger partial charge in [-0.3, -0.25) is 15.1 Å². The molecular weight excluding hydrogens is 254 g/mol. The number of amides is 1. The van der Waals surface area contributed by atoms with Crippen molar-refractivity contribution in [2.75, 3.05) is 13.1 Å². The van der Waals surface area contributed by atoms with Crippen LogP contribution in [0.25, 0.3) is 0 Å². The largest absolute Gasteiger partial charge is 0.455 e. The number of furan rings is 1. The van der Waals surface area contributed by atoms with Crippen LogP contribution in [0.3, 0.4) is 0 Å². The zero-order valence-corrected chi connectivity index (χ0v) is 12.4. The number of nitrogens with one attached hydrogen (secondary N) is 1. The van der Waals surface area contributed by atoms with Gasteiger partial charge < -0.3 is 4.42 Å². The molecule has 1 unspecified atom stereocenters. The third kappa shape index (κ3) is 3.84. The number of hydrogen-bond acceptors (Lipinski definition) is 4. The zero-order chi connectivity index (χ0) is 14.5. The fourth-order valence-corrected chi connectivity index (χ4v) is 2.88. The van der Waals surface area contributed by atoms with Crippen molar-refractivity contribution in [3.63, 3.8) is 0 Å².